The van der Waals surface area contributed by atoms with Crippen LogP contribution in [0.25, 0.3) is 22.2 Å². The molecule has 144 valence electrons. The summed E-state index contributed by atoms with van der Waals surface area (Å²) in [6, 6.07) is 3.48. The lowest BCUT2D eigenvalue weighted by molar-refractivity contribution is -0.0780. The Balaban J connectivity index is 1.93. The van der Waals surface area contributed by atoms with E-state index < -0.39 is 36.2 Å². The number of aliphatic hydroxyl groups excluding tert-OH is 4. The second kappa shape index (κ2) is 7.53. The van der Waals surface area contributed by atoms with Crippen molar-refractivity contribution in [1.29, 1.82) is 0 Å². The van der Waals surface area contributed by atoms with Crippen molar-refractivity contribution in [2.45, 2.75) is 38.1 Å². The minimum absolute atomic E-state index is 0.0331. The molecular formula is C17H20N4O6. The highest BCUT2D eigenvalue weighted by Gasteiger charge is 2.24. The van der Waals surface area contributed by atoms with Crippen LogP contribution in [0.1, 0.15) is 17.5 Å². The molecule has 0 aliphatic heterocycles. The lowest BCUT2D eigenvalue weighted by atomic mass is 9.97. The van der Waals surface area contributed by atoms with Gasteiger partial charge in [0.2, 0.25) is 0 Å². The number of benzene rings is 1. The predicted molar refractivity (Wildman–Crippen MR) is 96.4 cm³/mol. The van der Waals surface area contributed by atoms with E-state index in [1.54, 1.807) is 12.1 Å². The van der Waals surface area contributed by atoms with Crippen LogP contribution in [0.5, 0.6) is 0 Å². The van der Waals surface area contributed by atoms with Crippen molar-refractivity contribution in [3.8, 4) is 0 Å². The van der Waals surface area contributed by atoms with Crippen LogP contribution in [0, 0.1) is 6.92 Å². The van der Waals surface area contributed by atoms with E-state index in [1.165, 1.54) is 0 Å². The fourth-order valence-electron chi connectivity index (χ4n) is 2.90. The van der Waals surface area contributed by atoms with Crippen LogP contribution in [0.4, 0.5) is 0 Å². The number of aromatic amines is 2. The molecule has 10 heteroatoms. The highest BCUT2D eigenvalue weighted by atomic mass is 16.4. The molecular weight excluding hydrogens is 356 g/mol. The van der Waals surface area contributed by atoms with Crippen LogP contribution < -0.4 is 11.2 Å². The topological polar surface area (TPSA) is 172 Å². The van der Waals surface area contributed by atoms with Crippen LogP contribution in [0.2, 0.25) is 0 Å². The molecule has 2 heterocycles. The van der Waals surface area contributed by atoms with Crippen LogP contribution in [-0.4, -0.2) is 65.3 Å². The van der Waals surface area contributed by atoms with Gasteiger partial charge < -0.3 is 20.4 Å². The standard InChI is InChI=1S/C17H20N4O6/c1-7-4-9-10(19-15-13(18-9)16(26)21-17(27)20-15)5-8(7)2-3-11(23)14(25)12(24)6-22/h4-5,11-12,14,22-25H,2-3,6H2,1H3,(H2,19,20,21,26,27)/t11-,12+,14-/m0/s1. The number of nitrogens with one attached hydrogen (secondary N) is 2. The average Bonchev–Trinajstić information content (AvgIpc) is 2.63. The molecule has 0 aliphatic rings. The first-order chi connectivity index (χ1) is 12.8. The van der Waals surface area contributed by atoms with Gasteiger partial charge in [0.1, 0.15) is 12.2 Å². The summed E-state index contributed by atoms with van der Waals surface area (Å²) < 4.78 is 0. The van der Waals surface area contributed by atoms with E-state index >= 15 is 0 Å². The first-order valence-electron chi connectivity index (χ1n) is 8.38. The molecule has 2 aromatic heterocycles. The lowest BCUT2D eigenvalue weighted by Crippen LogP contribution is -2.39. The molecule has 10 nitrogen and oxygen atoms in total. The molecule has 0 saturated carbocycles. The van der Waals surface area contributed by atoms with Gasteiger partial charge >= 0.3 is 5.69 Å². The van der Waals surface area contributed by atoms with Gasteiger partial charge in [-0.05, 0) is 43.0 Å². The summed E-state index contributed by atoms with van der Waals surface area (Å²) in [5, 5.41) is 37.9. The Bertz CT molecular complexity index is 1090. The van der Waals surface area contributed by atoms with Gasteiger partial charge in [0.15, 0.2) is 11.2 Å². The molecule has 0 spiro atoms. The maximum atomic E-state index is 11.8. The van der Waals surface area contributed by atoms with E-state index in [-0.39, 0.29) is 17.6 Å². The normalized spacial score (nSPS) is 15.1. The fraction of sp³-hybridized carbons (Fsp3) is 0.412. The number of rotatable bonds is 6. The zero-order valence-corrected chi connectivity index (χ0v) is 14.5. The molecule has 3 rings (SSSR count). The van der Waals surface area contributed by atoms with Crippen molar-refractivity contribution >= 4 is 22.2 Å². The molecule has 0 bridgehead atoms. The van der Waals surface area contributed by atoms with Crippen LogP contribution in [0.15, 0.2) is 21.7 Å². The van der Waals surface area contributed by atoms with Crippen LogP contribution in [0.3, 0.4) is 0 Å². The van der Waals surface area contributed by atoms with Gasteiger partial charge in [-0.1, -0.05) is 0 Å². The molecule has 0 aliphatic carbocycles. The summed E-state index contributed by atoms with van der Waals surface area (Å²) in [5.74, 6) is 0. The third kappa shape index (κ3) is 3.88. The third-order valence-corrected chi connectivity index (χ3v) is 4.48. The zero-order valence-electron chi connectivity index (χ0n) is 14.5. The monoisotopic (exact) mass is 376 g/mol. The van der Waals surface area contributed by atoms with Gasteiger partial charge in [-0.15, -0.1) is 0 Å². The van der Waals surface area contributed by atoms with E-state index in [1.807, 2.05) is 6.92 Å². The van der Waals surface area contributed by atoms with E-state index in [0.717, 1.165) is 11.1 Å². The van der Waals surface area contributed by atoms with Crippen molar-refractivity contribution in [1.82, 2.24) is 19.9 Å². The summed E-state index contributed by atoms with van der Waals surface area (Å²) in [6.07, 6.45) is -3.53. The molecule has 0 fully saturated rings. The van der Waals surface area contributed by atoms with Gasteiger partial charge in [-0.2, -0.15) is 0 Å². The maximum absolute atomic E-state index is 11.8. The summed E-state index contributed by atoms with van der Waals surface area (Å²) in [4.78, 5) is 36.3. The Labute approximate surface area is 152 Å². The predicted octanol–water partition coefficient (Wildman–Crippen LogP) is -1.52. The van der Waals surface area contributed by atoms with Gasteiger partial charge in [-0.25, -0.2) is 14.8 Å². The SMILES string of the molecule is Cc1cc2nc3c(=O)[nH]c(=O)[nH]c3nc2cc1CC[C@H](O)[C@H](O)[C@H](O)CO. The Hall–Kier alpha value is -2.66. The molecule has 0 radical (unpaired) electrons. The molecule has 0 unspecified atom stereocenters. The Morgan fingerprint density at radius 1 is 1.04 bits per heavy atom. The van der Waals surface area contributed by atoms with E-state index in [9.17, 15) is 24.9 Å². The third-order valence-electron chi connectivity index (χ3n) is 4.48. The van der Waals surface area contributed by atoms with Crippen LogP contribution in [-0.2, 0) is 6.42 Å². The highest BCUT2D eigenvalue weighted by Crippen LogP contribution is 2.20. The highest BCUT2D eigenvalue weighted by molar-refractivity contribution is 5.84. The second-order valence-electron chi connectivity index (χ2n) is 6.44. The number of aryl methyl sites for hydroxylation is 2. The Morgan fingerprint density at radius 3 is 2.44 bits per heavy atom. The molecule has 3 atom stereocenters. The maximum Gasteiger partial charge on any atom is 0.327 e. The first-order valence-corrected chi connectivity index (χ1v) is 8.38. The van der Waals surface area contributed by atoms with Crippen molar-refractivity contribution in [2.24, 2.45) is 0 Å². The van der Waals surface area contributed by atoms with E-state index in [4.69, 9.17) is 5.11 Å². The molecule has 3 aromatic rings. The second-order valence-corrected chi connectivity index (χ2v) is 6.44. The van der Waals surface area contributed by atoms with Crippen molar-refractivity contribution in [3.05, 3.63) is 44.1 Å². The number of aliphatic hydroxyl groups is 4. The smallest absolute Gasteiger partial charge is 0.327 e. The van der Waals surface area contributed by atoms with E-state index in [2.05, 4.69) is 19.9 Å². The fourth-order valence-corrected chi connectivity index (χ4v) is 2.90. The molecule has 27 heavy (non-hydrogen) atoms. The molecule has 0 amide bonds. The summed E-state index contributed by atoms with van der Waals surface area (Å²) in [7, 11) is 0. The number of nitrogens with zero attached hydrogens (tertiary/aromatic N) is 2. The number of fused-ring (bicyclic) bond motifs is 2. The Kier molecular flexibility index (Phi) is 5.33. The number of hydrogen-bond donors (Lipinski definition) is 6. The minimum Gasteiger partial charge on any atom is -0.394 e. The summed E-state index contributed by atoms with van der Waals surface area (Å²) in [5.41, 5.74) is 1.44. The molecule has 0 saturated heterocycles. The van der Waals surface area contributed by atoms with Gasteiger partial charge in [0.25, 0.3) is 5.56 Å². The lowest BCUT2D eigenvalue weighted by Gasteiger charge is -2.21. The van der Waals surface area contributed by atoms with Crippen molar-refractivity contribution in [3.63, 3.8) is 0 Å². The largest absolute Gasteiger partial charge is 0.394 e. The van der Waals surface area contributed by atoms with Crippen molar-refractivity contribution < 1.29 is 20.4 Å². The zero-order chi connectivity index (χ0) is 19.7. The summed E-state index contributed by atoms with van der Waals surface area (Å²) >= 11 is 0. The molecule has 1 aromatic carbocycles. The van der Waals surface area contributed by atoms with Gasteiger partial charge in [-0.3, -0.25) is 14.8 Å². The van der Waals surface area contributed by atoms with Gasteiger partial charge in [0, 0.05) is 0 Å². The molecule has 6 N–H and O–H groups in total. The minimum atomic E-state index is -1.45. The number of hydrogen-bond acceptors (Lipinski definition) is 8. The summed E-state index contributed by atoms with van der Waals surface area (Å²) in [6.45, 7) is 1.19. The van der Waals surface area contributed by atoms with Gasteiger partial charge in [0.05, 0.1) is 23.7 Å². The number of aromatic nitrogens is 4. The number of H-pyrrole nitrogens is 2. The average molecular weight is 376 g/mol. The van der Waals surface area contributed by atoms with E-state index in [0.29, 0.717) is 17.5 Å². The van der Waals surface area contributed by atoms with Crippen LogP contribution >= 0.6 is 0 Å². The Morgan fingerprint density at radius 2 is 1.74 bits per heavy atom. The first kappa shape index (κ1) is 19.1. The van der Waals surface area contributed by atoms with Crippen molar-refractivity contribution in [2.75, 3.05) is 6.61 Å². The quantitative estimate of drug-likeness (QED) is 0.281.